The predicted molar refractivity (Wildman–Crippen MR) is 187 cm³/mol. The standard InChI is InChI=1S/C40H42N4O2/c1-5-6-23-44-37(38(32-16-11-28(2)12-17-32)42-39(44)35-10-8-7-9-29(35)3)27-43(25-30-13-18-33(19-14-30)40(45)46-4)26-31-15-20-36-34(24-31)21-22-41-36/h7-22,24,41H,5-6,23,25-27H2,1-4H3. The topological polar surface area (TPSA) is 63.1 Å². The molecule has 6 aromatic rings. The van der Waals surface area contributed by atoms with E-state index in [2.05, 4.69) is 108 Å². The van der Waals surface area contributed by atoms with Crippen molar-refractivity contribution in [2.45, 2.75) is 59.8 Å². The first kappa shape index (κ1) is 31.1. The first-order chi connectivity index (χ1) is 22.4. The van der Waals surface area contributed by atoms with E-state index in [1.165, 1.54) is 40.4 Å². The zero-order chi connectivity index (χ0) is 32.0. The normalized spacial score (nSPS) is 11.4. The summed E-state index contributed by atoms with van der Waals surface area (Å²) in [6.07, 6.45) is 4.15. The number of H-pyrrole nitrogens is 1. The van der Waals surface area contributed by atoms with Crippen molar-refractivity contribution in [3.8, 4) is 22.6 Å². The van der Waals surface area contributed by atoms with Gasteiger partial charge in [0.05, 0.1) is 24.1 Å². The summed E-state index contributed by atoms with van der Waals surface area (Å²) in [5.41, 5.74) is 11.0. The molecular formula is C40H42N4O2. The number of aromatic nitrogens is 3. The van der Waals surface area contributed by atoms with E-state index in [9.17, 15) is 4.79 Å². The summed E-state index contributed by atoms with van der Waals surface area (Å²) in [6, 6.07) is 33.8. The Morgan fingerprint density at radius 3 is 2.35 bits per heavy atom. The third-order valence-electron chi connectivity index (χ3n) is 8.70. The van der Waals surface area contributed by atoms with Crippen LogP contribution in [0.15, 0.2) is 103 Å². The number of hydrogen-bond acceptors (Lipinski definition) is 4. The van der Waals surface area contributed by atoms with Crippen LogP contribution in [0, 0.1) is 13.8 Å². The van der Waals surface area contributed by atoms with Gasteiger partial charge in [-0.3, -0.25) is 4.90 Å². The van der Waals surface area contributed by atoms with Gasteiger partial charge in [0.2, 0.25) is 0 Å². The molecule has 0 aliphatic heterocycles. The number of benzene rings is 4. The van der Waals surface area contributed by atoms with Crippen molar-refractivity contribution < 1.29 is 9.53 Å². The third-order valence-corrected chi connectivity index (χ3v) is 8.70. The van der Waals surface area contributed by atoms with Gasteiger partial charge in [-0.2, -0.15) is 0 Å². The molecule has 0 radical (unpaired) electrons. The first-order valence-corrected chi connectivity index (χ1v) is 16.1. The fourth-order valence-electron chi connectivity index (χ4n) is 6.14. The molecule has 0 aliphatic rings. The molecule has 1 N–H and O–H groups in total. The number of fused-ring (bicyclic) bond motifs is 1. The molecule has 6 rings (SSSR count). The second-order valence-electron chi connectivity index (χ2n) is 12.1. The summed E-state index contributed by atoms with van der Waals surface area (Å²) in [7, 11) is 1.41. The number of esters is 1. The predicted octanol–water partition coefficient (Wildman–Crippen LogP) is 9.10. The van der Waals surface area contributed by atoms with Gasteiger partial charge >= 0.3 is 5.97 Å². The summed E-state index contributed by atoms with van der Waals surface area (Å²) in [4.78, 5) is 23.3. The Kier molecular flexibility index (Phi) is 9.46. The van der Waals surface area contributed by atoms with Crippen LogP contribution >= 0.6 is 0 Å². The van der Waals surface area contributed by atoms with Crippen molar-refractivity contribution in [3.63, 3.8) is 0 Å². The fourth-order valence-corrected chi connectivity index (χ4v) is 6.14. The highest BCUT2D eigenvalue weighted by atomic mass is 16.5. The van der Waals surface area contributed by atoms with Gasteiger partial charge in [-0.25, -0.2) is 9.78 Å². The fraction of sp³-hybridized carbons (Fsp3) is 0.250. The molecule has 0 unspecified atom stereocenters. The van der Waals surface area contributed by atoms with E-state index in [-0.39, 0.29) is 5.97 Å². The quantitative estimate of drug-likeness (QED) is 0.140. The lowest BCUT2D eigenvalue weighted by Crippen LogP contribution is -2.24. The maximum Gasteiger partial charge on any atom is 0.337 e. The smallest absolute Gasteiger partial charge is 0.337 e. The maximum atomic E-state index is 12.1. The van der Waals surface area contributed by atoms with Crippen LogP contribution in [0.2, 0.25) is 0 Å². The van der Waals surface area contributed by atoms with Gasteiger partial charge in [0, 0.05) is 49.0 Å². The van der Waals surface area contributed by atoms with Crippen molar-refractivity contribution in [1.82, 2.24) is 19.4 Å². The van der Waals surface area contributed by atoms with E-state index in [4.69, 9.17) is 9.72 Å². The molecule has 46 heavy (non-hydrogen) atoms. The number of hydrogen-bond donors (Lipinski definition) is 1. The SMILES string of the molecule is CCCCn1c(-c2ccccc2C)nc(-c2ccc(C)cc2)c1CN(Cc1ccc(C(=O)OC)cc1)Cc1ccc2[nH]ccc2c1. The van der Waals surface area contributed by atoms with Gasteiger partial charge in [0.15, 0.2) is 0 Å². The molecule has 0 atom stereocenters. The summed E-state index contributed by atoms with van der Waals surface area (Å²) in [5, 5.41) is 1.20. The number of nitrogens with one attached hydrogen (secondary N) is 1. The van der Waals surface area contributed by atoms with E-state index in [1.54, 1.807) is 0 Å². The van der Waals surface area contributed by atoms with Crippen LogP contribution in [0.1, 0.15) is 58.1 Å². The van der Waals surface area contributed by atoms with Crippen molar-refractivity contribution in [2.24, 2.45) is 0 Å². The summed E-state index contributed by atoms with van der Waals surface area (Å²) >= 11 is 0. The number of nitrogens with zero attached hydrogens (tertiary/aromatic N) is 3. The molecule has 6 nitrogen and oxygen atoms in total. The van der Waals surface area contributed by atoms with Crippen LogP contribution in [-0.4, -0.2) is 32.5 Å². The molecule has 4 aromatic carbocycles. The Hall–Kier alpha value is -4.94. The molecule has 0 saturated carbocycles. The zero-order valence-electron chi connectivity index (χ0n) is 27.2. The molecule has 0 spiro atoms. The van der Waals surface area contributed by atoms with Gasteiger partial charge in [-0.05, 0) is 72.7 Å². The lowest BCUT2D eigenvalue weighted by Gasteiger charge is -2.25. The minimum Gasteiger partial charge on any atom is -0.465 e. The number of ether oxygens (including phenoxy) is 1. The van der Waals surface area contributed by atoms with Gasteiger partial charge in [-0.15, -0.1) is 0 Å². The van der Waals surface area contributed by atoms with Gasteiger partial charge in [-0.1, -0.05) is 85.6 Å². The third kappa shape index (κ3) is 6.82. The van der Waals surface area contributed by atoms with Gasteiger partial charge in [0.1, 0.15) is 5.82 Å². The Bertz CT molecular complexity index is 1930. The number of unbranched alkanes of at least 4 members (excludes halogenated alkanes) is 1. The van der Waals surface area contributed by atoms with Crippen LogP contribution in [-0.2, 0) is 30.9 Å². The summed E-state index contributed by atoms with van der Waals surface area (Å²) in [6.45, 7) is 9.59. The highest BCUT2D eigenvalue weighted by molar-refractivity contribution is 5.89. The Labute approximate surface area is 271 Å². The van der Waals surface area contributed by atoms with Crippen molar-refractivity contribution >= 4 is 16.9 Å². The number of rotatable bonds is 12. The van der Waals surface area contributed by atoms with Crippen LogP contribution < -0.4 is 0 Å². The highest BCUT2D eigenvalue weighted by Crippen LogP contribution is 2.33. The van der Waals surface area contributed by atoms with Crippen LogP contribution in [0.3, 0.4) is 0 Å². The van der Waals surface area contributed by atoms with E-state index < -0.39 is 0 Å². The molecule has 0 fully saturated rings. The summed E-state index contributed by atoms with van der Waals surface area (Å²) < 4.78 is 7.40. The number of imidazole rings is 1. The highest BCUT2D eigenvalue weighted by Gasteiger charge is 2.23. The monoisotopic (exact) mass is 610 g/mol. The van der Waals surface area contributed by atoms with Gasteiger partial charge in [0.25, 0.3) is 0 Å². The number of carbonyl (C=O) groups excluding carboxylic acids is 1. The Morgan fingerprint density at radius 2 is 1.61 bits per heavy atom. The van der Waals surface area contributed by atoms with Crippen LogP contribution in [0.5, 0.6) is 0 Å². The van der Waals surface area contributed by atoms with Gasteiger partial charge < -0.3 is 14.3 Å². The first-order valence-electron chi connectivity index (χ1n) is 16.1. The van der Waals surface area contributed by atoms with Crippen LogP contribution in [0.25, 0.3) is 33.5 Å². The maximum absolute atomic E-state index is 12.1. The van der Waals surface area contributed by atoms with E-state index in [1.807, 2.05) is 30.5 Å². The molecule has 0 aliphatic carbocycles. The van der Waals surface area contributed by atoms with E-state index in [0.717, 1.165) is 54.1 Å². The van der Waals surface area contributed by atoms with E-state index in [0.29, 0.717) is 18.7 Å². The number of aryl methyl sites for hydroxylation is 2. The largest absolute Gasteiger partial charge is 0.465 e. The lowest BCUT2D eigenvalue weighted by atomic mass is 10.1. The molecule has 0 bridgehead atoms. The minimum absolute atomic E-state index is 0.325. The second-order valence-corrected chi connectivity index (χ2v) is 12.1. The average Bonchev–Trinajstić information content (AvgIpc) is 3.68. The molecule has 0 amide bonds. The number of aromatic amines is 1. The van der Waals surface area contributed by atoms with Crippen LogP contribution in [0.4, 0.5) is 0 Å². The minimum atomic E-state index is -0.325. The van der Waals surface area contributed by atoms with E-state index >= 15 is 0 Å². The van der Waals surface area contributed by atoms with Crippen molar-refractivity contribution in [1.29, 1.82) is 0 Å². The molecule has 6 heteroatoms. The molecular weight excluding hydrogens is 568 g/mol. The molecule has 0 saturated heterocycles. The second kappa shape index (κ2) is 14.0. The van der Waals surface area contributed by atoms with Crippen molar-refractivity contribution in [2.75, 3.05) is 7.11 Å². The summed E-state index contributed by atoms with van der Waals surface area (Å²) in [5.74, 6) is 0.697. The van der Waals surface area contributed by atoms with Crippen molar-refractivity contribution in [3.05, 3.63) is 137 Å². The number of carbonyl (C=O) groups is 1. The zero-order valence-corrected chi connectivity index (χ0v) is 27.2. The average molecular weight is 611 g/mol. The molecule has 234 valence electrons. The lowest BCUT2D eigenvalue weighted by molar-refractivity contribution is 0.0600. The Morgan fingerprint density at radius 1 is 0.870 bits per heavy atom. The number of methoxy groups -OCH3 is 1. The molecule has 2 heterocycles. The Balaban J connectivity index is 1.46. The molecule has 2 aromatic heterocycles.